The first-order chi connectivity index (χ1) is 5.70. The van der Waals surface area contributed by atoms with Gasteiger partial charge in [0.2, 0.25) is 0 Å². The Morgan fingerprint density at radius 1 is 1.42 bits per heavy atom. The predicted molar refractivity (Wildman–Crippen MR) is 50.1 cm³/mol. The van der Waals surface area contributed by atoms with Gasteiger partial charge in [0, 0.05) is 13.2 Å². The van der Waals surface area contributed by atoms with Gasteiger partial charge in [-0.25, -0.2) is 0 Å². The zero-order chi connectivity index (χ0) is 9.03. The van der Waals surface area contributed by atoms with E-state index in [4.69, 9.17) is 10.5 Å². The molecule has 1 atom stereocenters. The van der Waals surface area contributed by atoms with Gasteiger partial charge in [-0.2, -0.15) is 0 Å². The molecule has 0 radical (unpaired) electrons. The quantitative estimate of drug-likeness (QED) is 0.669. The lowest BCUT2D eigenvalue weighted by Gasteiger charge is -2.29. The standard InChI is InChI=1S/C9H20N2O/c1-3-11(4-2)7-9(10)5-6-12-8-9/h3-8,10H2,1-2H3. The van der Waals surface area contributed by atoms with E-state index in [1.54, 1.807) is 0 Å². The van der Waals surface area contributed by atoms with Gasteiger partial charge < -0.3 is 15.4 Å². The fourth-order valence-electron chi connectivity index (χ4n) is 1.64. The summed E-state index contributed by atoms with van der Waals surface area (Å²) >= 11 is 0. The highest BCUT2D eigenvalue weighted by Crippen LogP contribution is 2.16. The van der Waals surface area contributed by atoms with Gasteiger partial charge in [0.25, 0.3) is 0 Å². The molecule has 0 aliphatic carbocycles. The van der Waals surface area contributed by atoms with Crippen LogP contribution in [0.25, 0.3) is 0 Å². The van der Waals surface area contributed by atoms with E-state index in [9.17, 15) is 0 Å². The Labute approximate surface area is 74.9 Å². The molecule has 0 aromatic rings. The van der Waals surface area contributed by atoms with Gasteiger partial charge in [0.1, 0.15) is 0 Å². The molecular weight excluding hydrogens is 152 g/mol. The molecule has 1 unspecified atom stereocenters. The van der Waals surface area contributed by atoms with E-state index >= 15 is 0 Å². The van der Waals surface area contributed by atoms with E-state index in [1.807, 2.05) is 0 Å². The molecule has 12 heavy (non-hydrogen) atoms. The SMILES string of the molecule is CCN(CC)CC1(N)CCOC1. The minimum absolute atomic E-state index is 0.0774. The minimum atomic E-state index is -0.0774. The third-order valence-electron chi connectivity index (χ3n) is 2.57. The van der Waals surface area contributed by atoms with Crippen molar-refractivity contribution >= 4 is 0 Å². The van der Waals surface area contributed by atoms with Crippen molar-refractivity contribution in [1.82, 2.24) is 4.90 Å². The van der Waals surface area contributed by atoms with E-state index in [-0.39, 0.29) is 5.54 Å². The average molecular weight is 172 g/mol. The van der Waals surface area contributed by atoms with E-state index in [1.165, 1.54) is 0 Å². The first kappa shape index (κ1) is 9.96. The predicted octanol–water partition coefficient (Wildman–Crippen LogP) is 0.446. The van der Waals surface area contributed by atoms with Crippen LogP contribution in [-0.2, 0) is 4.74 Å². The summed E-state index contributed by atoms with van der Waals surface area (Å²) in [6.07, 6.45) is 1.00. The summed E-state index contributed by atoms with van der Waals surface area (Å²) in [6, 6.07) is 0. The van der Waals surface area contributed by atoms with Crippen molar-refractivity contribution < 1.29 is 4.74 Å². The Bertz CT molecular complexity index is 128. The van der Waals surface area contributed by atoms with Crippen LogP contribution in [0.2, 0.25) is 0 Å². The second-order valence-electron chi connectivity index (χ2n) is 3.63. The van der Waals surface area contributed by atoms with Crippen LogP contribution in [0.3, 0.4) is 0 Å². The van der Waals surface area contributed by atoms with Crippen LogP contribution in [-0.4, -0.2) is 43.3 Å². The Balaban J connectivity index is 2.36. The average Bonchev–Trinajstić information content (AvgIpc) is 2.48. The molecule has 3 heteroatoms. The Hall–Kier alpha value is -0.120. The van der Waals surface area contributed by atoms with Crippen molar-refractivity contribution in [2.45, 2.75) is 25.8 Å². The lowest BCUT2D eigenvalue weighted by molar-refractivity contribution is 0.157. The van der Waals surface area contributed by atoms with Crippen molar-refractivity contribution in [1.29, 1.82) is 0 Å². The number of ether oxygens (including phenoxy) is 1. The zero-order valence-corrected chi connectivity index (χ0v) is 8.18. The van der Waals surface area contributed by atoms with E-state index in [0.717, 1.165) is 39.3 Å². The van der Waals surface area contributed by atoms with Gasteiger partial charge in [0.15, 0.2) is 0 Å². The third-order valence-corrected chi connectivity index (χ3v) is 2.57. The number of nitrogens with zero attached hydrogens (tertiary/aromatic N) is 1. The second-order valence-corrected chi connectivity index (χ2v) is 3.63. The van der Waals surface area contributed by atoms with Gasteiger partial charge in [-0.05, 0) is 19.5 Å². The molecule has 1 rings (SSSR count). The molecule has 0 spiro atoms. The van der Waals surface area contributed by atoms with Crippen molar-refractivity contribution in [2.24, 2.45) is 5.73 Å². The van der Waals surface area contributed by atoms with E-state index in [2.05, 4.69) is 18.7 Å². The molecule has 2 N–H and O–H groups in total. The Kier molecular flexibility index (Phi) is 3.50. The maximum absolute atomic E-state index is 6.14. The zero-order valence-electron chi connectivity index (χ0n) is 8.18. The highest BCUT2D eigenvalue weighted by Gasteiger charge is 2.31. The molecule has 0 bridgehead atoms. The Morgan fingerprint density at radius 3 is 2.50 bits per heavy atom. The minimum Gasteiger partial charge on any atom is -0.379 e. The van der Waals surface area contributed by atoms with Crippen molar-refractivity contribution in [3.05, 3.63) is 0 Å². The first-order valence-corrected chi connectivity index (χ1v) is 4.79. The normalized spacial score (nSPS) is 30.0. The smallest absolute Gasteiger partial charge is 0.0659 e. The molecule has 3 nitrogen and oxygen atoms in total. The fourth-order valence-corrected chi connectivity index (χ4v) is 1.64. The maximum Gasteiger partial charge on any atom is 0.0659 e. The number of hydrogen-bond donors (Lipinski definition) is 1. The summed E-state index contributed by atoms with van der Waals surface area (Å²) in [5, 5.41) is 0. The number of nitrogens with two attached hydrogens (primary N) is 1. The monoisotopic (exact) mass is 172 g/mol. The molecule has 72 valence electrons. The van der Waals surface area contributed by atoms with Crippen LogP contribution < -0.4 is 5.73 Å². The molecule has 0 aromatic heterocycles. The van der Waals surface area contributed by atoms with E-state index in [0.29, 0.717) is 0 Å². The van der Waals surface area contributed by atoms with Crippen LogP contribution in [0, 0.1) is 0 Å². The second kappa shape index (κ2) is 4.21. The van der Waals surface area contributed by atoms with Crippen LogP contribution in [0.1, 0.15) is 20.3 Å². The molecule has 0 amide bonds. The number of hydrogen-bond acceptors (Lipinski definition) is 3. The first-order valence-electron chi connectivity index (χ1n) is 4.79. The highest BCUT2D eigenvalue weighted by molar-refractivity contribution is 4.90. The highest BCUT2D eigenvalue weighted by atomic mass is 16.5. The molecule has 1 fully saturated rings. The van der Waals surface area contributed by atoms with Gasteiger partial charge in [-0.1, -0.05) is 13.8 Å². The molecule has 0 saturated carbocycles. The maximum atomic E-state index is 6.14. The summed E-state index contributed by atoms with van der Waals surface area (Å²) in [5.41, 5.74) is 6.07. The van der Waals surface area contributed by atoms with Gasteiger partial charge >= 0.3 is 0 Å². The summed E-state index contributed by atoms with van der Waals surface area (Å²) < 4.78 is 5.30. The summed E-state index contributed by atoms with van der Waals surface area (Å²) in [4.78, 5) is 2.36. The molecule has 0 aromatic carbocycles. The molecule has 1 saturated heterocycles. The van der Waals surface area contributed by atoms with E-state index < -0.39 is 0 Å². The molecule has 1 aliphatic heterocycles. The van der Waals surface area contributed by atoms with Crippen molar-refractivity contribution in [3.63, 3.8) is 0 Å². The molecule has 1 aliphatic rings. The van der Waals surface area contributed by atoms with Crippen LogP contribution in [0.5, 0.6) is 0 Å². The topological polar surface area (TPSA) is 38.5 Å². The largest absolute Gasteiger partial charge is 0.379 e. The van der Waals surface area contributed by atoms with Gasteiger partial charge in [-0.15, -0.1) is 0 Å². The van der Waals surface area contributed by atoms with Crippen molar-refractivity contribution in [3.8, 4) is 0 Å². The third kappa shape index (κ3) is 2.44. The fraction of sp³-hybridized carbons (Fsp3) is 1.00. The van der Waals surface area contributed by atoms with Gasteiger partial charge in [0.05, 0.1) is 12.1 Å². The van der Waals surface area contributed by atoms with Crippen LogP contribution >= 0.6 is 0 Å². The van der Waals surface area contributed by atoms with Gasteiger partial charge in [-0.3, -0.25) is 0 Å². The lowest BCUT2D eigenvalue weighted by atomic mass is 10.00. The molecular formula is C9H20N2O. The summed E-state index contributed by atoms with van der Waals surface area (Å²) in [6.45, 7) is 9.03. The Morgan fingerprint density at radius 2 is 2.08 bits per heavy atom. The number of likely N-dealkylation sites (N-methyl/N-ethyl adjacent to an activating group) is 1. The van der Waals surface area contributed by atoms with Crippen LogP contribution in [0.15, 0.2) is 0 Å². The summed E-state index contributed by atoms with van der Waals surface area (Å²) in [5.74, 6) is 0. The summed E-state index contributed by atoms with van der Waals surface area (Å²) in [7, 11) is 0. The van der Waals surface area contributed by atoms with Crippen LogP contribution in [0.4, 0.5) is 0 Å². The number of rotatable bonds is 4. The molecule has 1 heterocycles. The lowest BCUT2D eigenvalue weighted by Crippen LogP contribution is -2.50. The van der Waals surface area contributed by atoms with Crippen molar-refractivity contribution in [2.75, 3.05) is 32.8 Å².